The van der Waals surface area contributed by atoms with Gasteiger partial charge in [0.05, 0.1) is 4.92 Å². The number of nitrogens with zero attached hydrogens (tertiary/aromatic N) is 4. The molecule has 2 atom stereocenters. The molecule has 2 unspecified atom stereocenters. The van der Waals surface area contributed by atoms with Gasteiger partial charge in [0.25, 0.3) is 11.6 Å². The Kier molecular flexibility index (Phi) is 4.33. The second kappa shape index (κ2) is 6.70. The van der Waals surface area contributed by atoms with E-state index in [0.29, 0.717) is 12.0 Å². The largest absolute Gasteiger partial charge is 0.337 e. The van der Waals surface area contributed by atoms with Crippen molar-refractivity contribution in [2.45, 2.75) is 44.7 Å². The third-order valence-electron chi connectivity index (χ3n) is 5.58. The molecule has 1 aliphatic heterocycles. The van der Waals surface area contributed by atoms with Crippen molar-refractivity contribution in [1.29, 1.82) is 0 Å². The molecule has 0 radical (unpaired) electrons. The lowest BCUT2D eigenvalue weighted by atomic mass is 9.73. The number of nitro benzene ring substituents is 1. The van der Waals surface area contributed by atoms with E-state index < -0.39 is 16.5 Å². The molecule has 2 aliphatic rings. The van der Waals surface area contributed by atoms with Crippen molar-refractivity contribution in [1.82, 2.24) is 20.4 Å². The van der Waals surface area contributed by atoms with Gasteiger partial charge in [-0.05, 0) is 18.8 Å². The number of urea groups is 1. The molecule has 10 nitrogen and oxygen atoms in total. The first-order chi connectivity index (χ1) is 13.4. The number of benzene rings is 1. The first-order valence-electron chi connectivity index (χ1n) is 9.12. The van der Waals surface area contributed by atoms with Gasteiger partial charge in [-0.1, -0.05) is 37.1 Å². The van der Waals surface area contributed by atoms with Crippen LogP contribution >= 0.6 is 0 Å². The molecule has 146 valence electrons. The van der Waals surface area contributed by atoms with Crippen LogP contribution in [0.15, 0.2) is 28.8 Å². The number of carbonyl (C=O) groups excluding carboxylic acids is 2. The Bertz CT molecular complexity index is 957. The molecule has 1 saturated carbocycles. The highest BCUT2D eigenvalue weighted by atomic mass is 16.6. The Hall–Kier alpha value is -3.30. The van der Waals surface area contributed by atoms with E-state index in [1.165, 1.54) is 18.2 Å². The average molecular weight is 385 g/mol. The maximum atomic E-state index is 13.0. The first-order valence-corrected chi connectivity index (χ1v) is 9.12. The summed E-state index contributed by atoms with van der Waals surface area (Å²) < 4.78 is 5.18. The van der Waals surface area contributed by atoms with Gasteiger partial charge in [0.15, 0.2) is 0 Å². The molecule has 1 aromatic heterocycles. The van der Waals surface area contributed by atoms with Crippen LogP contribution in [-0.4, -0.2) is 37.4 Å². The molecule has 2 aromatic rings. The van der Waals surface area contributed by atoms with Crippen LogP contribution in [0.5, 0.6) is 0 Å². The second-order valence-electron chi connectivity index (χ2n) is 7.26. The third-order valence-corrected chi connectivity index (χ3v) is 5.58. The quantitative estimate of drug-likeness (QED) is 0.486. The molecule has 1 N–H and O–H groups in total. The number of nitro groups is 1. The standard InChI is InChI=1S/C18H19N5O5/c1-11-5-2-3-8-18(11)16(24)22(17(25)20-18)10-14-19-15(21-28-14)12-6-4-7-13(9-12)23(26)27/h4,6-7,9,11H,2-3,5,8,10H2,1H3,(H,20,25). The van der Waals surface area contributed by atoms with Crippen molar-refractivity contribution in [2.75, 3.05) is 0 Å². The van der Waals surface area contributed by atoms with Gasteiger partial charge in [-0.3, -0.25) is 19.8 Å². The summed E-state index contributed by atoms with van der Waals surface area (Å²) in [5.74, 6) is 0.0441. The summed E-state index contributed by atoms with van der Waals surface area (Å²) in [5.41, 5.74) is -0.525. The summed E-state index contributed by atoms with van der Waals surface area (Å²) >= 11 is 0. The number of imide groups is 1. The normalized spacial score (nSPS) is 24.6. The molecule has 1 saturated heterocycles. The van der Waals surface area contributed by atoms with Crippen molar-refractivity contribution in [3.05, 3.63) is 40.3 Å². The van der Waals surface area contributed by atoms with E-state index in [1.807, 2.05) is 6.92 Å². The number of non-ortho nitro benzene ring substituents is 1. The monoisotopic (exact) mass is 385 g/mol. The maximum absolute atomic E-state index is 13.0. The zero-order valence-corrected chi connectivity index (χ0v) is 15.3. The van der Waals surface area contributed by atoms with Crippen molar-refractivity contribution >= 4 is 17.6 Å². The summed E-state index contributed by atoms with van der Waals surface area (Å²) in [6.45, 7) is 1.84. The molecule has 4 rings (SSSR count). The van der Waals surface area contributed by atoms with E-state index >= 15 is 0 Å². The molecule has 3 amide bonds. The van der Waals surface area contributed by atoms with Gasteiger partial charge in [0, 0.05) is 17.7 Å². The molecule has 2 fully saturated rings. The topological polar surface area (TPSA) is 131 Å². The summed E-state index contributed by atoms with van der Waals surface area (Å²) in [6.07, 6.45) is 3.44. The highest BCUT2D eigenvalue weighted by Crippen LogP contribution is 2.38. The number of amides is 3. The van der Waals surface area contributed by atoms with Gasteiger partial charge in [-0.2, -0.15) is 4.98 Å². The Morgan fingerprint density at radius 3 is 2.96 bits per heavy atom. The Morgan fingerprint density at radius 2 is 2.21 bits per heavy atom. The van der Waals surface area contributed by atoms with Crippen LogP contribution in [0.25, 0.3) is 11.4 Å². The lowest BCUT2D eigenvalue weighted by Crippen LogP contribution is -2.53. The lowest BCUT2D eigenvalue weighted by Gasteiger charge is -2.36. The van der Waals surface area contributed by atoms with Crippen molar-refractivity contribution in [2.24, 2.45) is 5.92 Å². The number of aromatic nitrogens is 2. The molecule has 1 spiro atoms. The zero-order valence-electron chi connectivity index (χ0n) is 15.3. The van der Waals surface area contributed by atoms with Gasteiger partial charge in [0.1, 0.15) is 12.1 Å². The van der Waals surface area contributed by atoms with Crippen LogP contribution in [-0.2, 0) is 11.3 Å². The predicted octanol–water partition coefficient (Wildman–Crippen LogP) is 2.65. The maximum Gasteiger partial charge on any atom is 0.325 e. The highest BCUT2D eigenvalue weighted by molar-refractivity contribution is 6.07. The average Bonchev–Trinajstić information content (AvgIpc) is 3.24. The third kappa shape index (κ3) is 2.90. The smallest absolute Gasteiger partial charge is 0.325 e. The molecular weight excluding hydrogens is 366 g/mol. The van der Waals surface area contributed by atoms with Crippen LogP contribution in [0.4, 0.5) is 10.5 Å². The second-order valence-corrected chi connectivity index (χ2v) is 7.26. The first kappa shape index (κ1) is 18.1. The minimum Gasteiger partial charge on any atom is -0.337 e. The molecule has 1 aromatic carbocycles. The number of hydrogen-bond donors (Lipinski definition) is 1. The zero-order chi connectivity index (χ0) is 19.9. The van der Waals surface area contributed by atoms with Crippen LogP contribution < -0.4 is 5.32 Å². The summed E-state index contributed by atoms with van der Waals surface area (Å²) in [5, 5.41) is 17.6. The van der Waals surface area contributed by atoms with Crippen molar-refractivity contribution in [3.63, 3.8) is 0 Å². The van der Waals surface area contributed by atoms with Gasteiger partial charge in [0.2, 0.25) is 11.7 Å². The Morgan fingerprint density at radius 1 is 1.39 bits per heavy atom. The van der Waals surface area contributed by atoms with E-state index in [9.17, 15) is 19.7 Å². The predicted molar refractivity (Wildman–Crippen MR) is 95.8 cm³/mol. The van der Waals surface area contributed by atoms with Gasteiger partial charge in [-0.15, -0.1) is 0 Å². The number of hydrogen-bond acceptors (Lipinski definition) is 7. The van der Waals surface area contributed by atoms with E-state index in [4.69, 9.17) is 4.52 Å². The molecule has 2 heterocycles. The summed E-state index contributed by atoms with van der Waals surface area (Å²) in [6, 6.07) is 5.38. The van der Waals surface area contributed by atoms with E-state index in [0.717, 1.165) is 24.2 Å². The van der Waals surface area contributed by atoms with Gasteiger partial charge >= 0.3 is 6.03 Å². The minimum absolute atomic E-state index is 0.0609. The number of rotatable bonds is 4. The Balaban J connectivity index is 1.54. The molecule has 1 aliphatic carbocycles. The molecule has 10 heteroatoms. The lowest BCUT2D eigenvalue weighted by molar-refractivity contribution is -0.384. The van der Waals surface area contributed by atoms with E-state index in [1.54, 1.807) is 6.07 Å². The van der Waals surface area contributed by atoms with Gasteiger partial charge < -0.3 is 9.84 Å². The van der Waals surface area contributed by atoms with Gasteiger partial charge in [-0.25, -0.2) is 4.79 Å². The van der Waals surface area contributed by atoms with E-state index in [2.05, 4.69) is 15.5 Å². The molecule has 28 heavy (non-hydrogen) atoms. The summed E-state index contributed by atoms with van der Waals surface area (Å²) in [4.78, 5) is 41.1. The van der Waals surface area contributed by atoms with Crippen LogP contribution in [0.2, 0.25) is 0 Å². The number of nitrogens with one attached hydrogen (secondary N) is 1. The number of carbonyl (C=O) groups is 2. The summed E-state index contributed by atoms with van der Waals surface area (Å²) in [7, 11) is 0. The van der Waals surface area contributed by atoms with Crippen LogP contribution in [0, 0.1) is 16.0 Å². The Labute approximate surface area is 160 Å². The van der Waals surface area contributed by atoms with Crippen molar-refractivity contribution < 1.29 is 19.0 Å². The van der Waals surface area contributed by atoms with Crippen LogP contribution in [0.3, 0.4) is 0 Å². The molecule has 0 bridgehead atoms. The molecular formula is C18H19N5O5. The fourth-order valence-electron chi connectivity index (χ4n) is 3.97. The van der Waals surface area contributed by atoms with Crippen LogP contribution in [0.1, 0.15) is 38.5 Å². The SMILES string of the molecule is CC1CCCCC12NC(=O)N(Cc1nc(-c3cccc([N+](=O)[O-])c3)no1)C2=O. The van der Waals surface area contributed by atoms with E-state index in [-0.39, 0.29) is 35.8 Å². The highest BCUT2D eigenvalue weighted by Gasteiger charge is 2.55. The fourth-order valence-corrected chi connectivity index (χ4v) is 3.97. The minimum atomic E-state index is -0.849. The van der Waals surface area contributed by atoms with Crippen molar-refractivity contribution in [3.8, 4) is 11.4 Å². The fraction of sp³-hybridized carbons (Fsp3) is 0.444.